The van der Waals surface area contributed by atoms with Crippen LogP contribution in [0.3, 0.4) is 0 Å². The van der Waals surface area contributed by atoms with Crippen LogP contribution >= 0.6 is 0 Å². The second-order valence-corrected chi connectivity index (χ2v) is 6.54. The van der Waals surface area contributed by atoms with Crippen LogP contribution in [0.5, 0.6) is 0 Å². The first-order valence-electron chi connectivity index (χ1n) is 8.55. The van der Waals surface area contributed by atoms with Crippen molar-refractivity contribution in [3.05, 3.63) is 80.3 Å². The molecule has 0 radical (unpaired) electrons. The van der Waals surface area contributed by atoms with Crippen molar-refractivity contribution in [2.75, 3.05) is 11.4 Å². The summed E-state index contributed by atoms with van der Waals surface area (Å²) in [5.74, 6) is 0.162. The van der Waals surface area contributed by atoms with E-state index in [1.54, 1.807) is 18.2 Å². The van der Waals surface area contributed by atoms with Gasteiger partial charge in [-0.1, -0.05) is 35.9 Å². The Morgan fingerprint density at radius 1 is 1.23 bits per heavy atom. The maximum atomic E-state index is 12.7. The molecule has 7 nitrogen and oxygen atoms in total. The van der Waals surface area contributed by atoms with Gasteiger partial charge < -0.3 is 4.90 Å². The van der Waals surface area contributed by atoms with E-state index < -0.39 is 16.2 Å². The fraction of sp³-hybridized carbons (Fsp3) is 0.263. The van der Waals surface area contributed by atoms with Crippen LogP contribution in [-0.4, -0.2) is 20.9 Å². The van der Waals surface area contributed by atoms with E-state index in [2.05, 4.69) is 11.1 Å². The number of aryl methyl sites for hydroxylation is 1. The van der Waals surface area contributed by atoms with Crippen LogP contribution in [0.15, 0.2) is 53.5 Å². The van der Waals surface area contributed by atoms with E-state index in [-0.39, 0.29) is 11.9 Å². The van der Waals surface area contributed by atoms with Crippen LogP contribution in [0.1, 0.15) is 30.0 Å². The Balaban J connectivity index is 1.91. The number of fused-ring (bicyclic) bond motifs is 1. The molecule has 4 rings (SSSR count). The summed E-state index contributed by atoms with van der Waals surface area (Å²) in [6.45, 7) is 2.65. The number of nitrogens with zero attached hydrogens (tertiary/aromatic N) is 4. The lowest BCUT2D eigenvalue weighted by molar-refractivity contribution is -0.385. The lowest BCUT2D eigenvalue weighted by Gasteiger charge is -2.26. The lowest BCUT2D eigenvalue weighted by Crippen LogP contribution is -2.29. The number of aromatic nitrogens is 2. The summed E-state index contributed by atoms with van der Waals surface area (Å²) in [5.41, 5.74) is 1.52. The molecule has 3 heterocycles. The third kappa shape index (κ3) is 2.61. The summed E-state index contributed by atoms with van der Waals surface area (Å²) in [6, 6.07) is 13.2. The highest BCUT2D eigenvalue weighted by Crippen LogP contribution is 2.38. The van der Waals surface area contributed by atoms with Gasteiger partial charge in [-0.3, -0.25) is 19.3 Å². The van der Waals surface area contributed by atoms with Crippen molar-refractivity contribution >= 4 is 17.2 Å². The predicted octanol–water partition coefficient (Wildman–Crippen LogP) is 3.25. The van der Waals surface area contributed by atoms with E-state index in [1.165, 1.54) is 10.6 Å². The summed E-state index contributed by atoms with van der Waals surface area (Å²) in [4.78, 5) is 30.1. The van der Waals surface area contributed by atoms with E-state index in [1.807, 2.05) is 30.0 Å². The Hall–Kier alpha value is -3.22. The minimum atomic E-state index is -0.648. The molecule has 0 amide bonds. The second-order valence-electron chi connectivity index (χ2n) is 6.54. The molecule has 1 saturated heterocycles. The predicted molar refractivity (Wildman–Crippen MR) is 98.6 cm³/mol. The van der Waals surface area contributed by atoms with Crippen LogP contribution in [0, 0.1) is 17.0 Å². The van der Waals surface area contributed by atoms with Crippen molar-refractivity contribution in [2.24, 2.45) is 0 Å². The molecule has 1 aliphatic heterocycles. The maximum absolute atomic E-state index is 12.7. The molecule has 0 aliphatic carbocycles. The van der Waals surface area contributed by atoms with Gasteiger partial charge >= 0.3 is 11.2 Å². The number of pyridine rings is 1. The van der Waals surface area contributed by atoms with Crippen molar-refractivity contribution in [1.82, 2.24) is 9.38 Å². The third-order valence-corrected chi connectivity index (χ3v) is 4.83. The molecular weight excluding hydrogens is 332 g/mol. The lowest BCUT2D eigenvalue weighted by atomic mass is 10.0. The molecule has 0 spiro atoms. The average molecular weight is 350 g/mol. The SMILES string of the molecule is Cc1cccc(C2CCCN2c2nc3ccccn3c(=O)c2[N+](=O)[O-])c1. The third-order valence-electron chi connectivity index (χ3n) is 4.83. The van der Waals surface area contributed by atoms with E-state index in [0.717, 1.165) is 24.0 Å². The fourth-order valence-electron chi connectivity index (χ4n) is 3.67. The molecule has 1 atom stereocenters. The van der Waals surface area contributed by atoms with E-state index in [0.29, 0.717) is 12.2 Å². The van der Waals surface area contributed by atoms with Gasteiger partial charge in [0.15, 0.2) is 0 Å². The topological polar surface area (TPSA) is 80.8 Å². The van der Waals surface area contributed by atoms with Gasteiger partial charge in [0.2, 0.25) is 5.82 Å². The summed E-state index contributed by atoms with van der Waals surface area (Å²) in [6.07, 6.45) is 3.27. The van der Waals surface area contributed by atoms with Gasteiger partial charge in [-0.25, -0.2) is 4.98 Å². The number of hydrogen-bond acceptors (Lipinski definition) is 5. The van der Waals surface area contributed by atoms with Crippen LogP contribution in [0.25, 0.3) is 5.65 Å². The smallest absolute Gasteiger partial charge is 0.344 e. The molecule has 0 saturated carbocycles. The quantitative estimate of drug-likeness (QED) is 0.535. The van der Waals surface area contributed by atoms with Crippen molar-refractivity contribution < 1.29 is 4.92 Å². The first kappa shape index (κ1) is 16.3. The van der Waals surface area contributed by atoms with Crippen molar-refractivity contribution in [2.45, 2.75) is 25.8 Å². The molecule has 3 aromatic rings. The zero-order valence-electron chi connectivity index (χ0n) is 14.3. The monoisotopic (exact) mass is 350 g/mol. The number of anilines is 1. The molecular formula is C19H18N4O3. The molecule has 26 heavy (non-hydrogen) atoms. The first-order chi connectivity index (χ1) is 12.6. The highest BCUT2D eigenvalue weighted by Gasteiger charge is 2.34. The maximum Gasteiger partial charge on any atom is 0.376 e. The van der Waals surface area contributed by atoms with Crippen LogP contribution in [0.4, 0.5) is 11.5 Å². The largest absolute Gasteiger partial charge is 0.376 e. The van der Waals surface area contributed by atoms with Gasteiger partial charge in [-0.15, -0.1) is 0 Å². The van der Waals surface area contributed by atoms with Crippen molar-refractivity contribution in [3.63, 3.8) is 0 Å². The fourth-order valence-corrected chi connectivity index (χ4v) is 3.67. The van der Waals surface area contributed by atoms with Gasteiger partial charge in [0.05, 0.1) is 11.0 Å². The Morgan fingerprint density at radius 2 is 2.08 bits per heavy atom. The Morgan fingerprint density at radius 3 is 2.85 bits per heavy atom. The van der Waals surface area contributed by atoms with Crippen LogP contribution < -0.4 is 10.5 Å². The molecule has 0 bridgehead atoms. The summed E-state index contributed by atoms with van der Waals surface area (Å²) in [7, 11) is 0. The van der Waals surface area contributed by atoms with E-state index >= 15 is 0 Å². The number of nitro groups is 1. The highest BCUT2D eigenvalue weighted by molar-refractivity contribution is 5.63. The van der Waals surface area contributed by atoms with Gasteiger partial charge in [0, 0.05) is 12.7 Å². The van der Waals surface area contributed by atoms with Gasteiger partial charge in [0.25, 0.3) is 0 Å². The van der Waals surface area contributed by atoms with E-state index in [9.17, 15) is 14.9 Å². The minimum absolute atomic E-state index is 0.0216. The molecule has 1 unspecified atom stereocenters. The zero-order valence-corrected chi connectivity index (χ0v) is 14.3. The van der Waals surface area contributed by atoms with Crippen LogP contribution in [0.2, 0.25) is 0 Å². The molecule has 7 heteroatoms. The van der Waals surface area contributed by atoms with Crippen molar-refractivity contribution in [3.8, 4) is 0 Å². The molecule has 132 valence electrons. The van der Waals surface area contributed by atoms with Gasteiger partial charge in [-0.05, 0) is 37.5 Å². The minimum Gasteiger partial charge on any atom is -0.344 e. The van der Waals surface area contributed by atoms with Gasteiger partial charge in [0.1, 0.15) is 5.65 Å². The average Bonchev–Trinajstić information content (AvgIpc) is 3.11. The van der Waals surface area contributed by atoms with E-state index in [4.69, 9.17) is 0 Å². The molecule has 1 fully saturated rings. The standard InChI is InChI=1S/C19H18N4O3/c1-13-6-4-7-14(12-13)15-8-5-11-21(15)18-17(23(25)26)19(24)22-10-3-2-9-16(22)20-18/h2-4,6-7,9-10,12,15H,5,8,11H2,1H3. The zero-order chi connectivity index (χ0) is 18.3. The van der Waals surface area contributed by atoms with Crippen LogP contribution in [-0.2, 0) is 0 Å². The highest BCUT2D eigenvalue weighted by atomic mass is 16.6. The summed E-state index contributed by atoms with van der Waals surface area (Å²) in [5, 5.41) is 11.7. The summed E-state index contributed by atoms with van der Waals surface area (Å²) >= 11 is 0. The Labute approximate surface area is 149 Å². The Bertz CT molecular complexity index is 1060. The molecule has 0 N–H and O–H groups in total. The normalized spacial score (nSPS) is 17.0. The molecule has 1 aliphatic rings. The molecule has 2 aromatic heterocycles. The molecule has 1 aromatic carbocycles. The summed E-state index contributed by atoms with van der Waals surface area (Å²) < 4.78 is 1.22. The van der Waals surface area contributed by atoms with Gasteiger partial charge in [-0.2, -0.15) is 0 Å². The van der Waals surface area contributed by atoms with Crippen molar-refractivity contribution in [1.29, 1.82) is 0 Å². The number of hydrogen-bond donors (Lipinski definition) is 0. The second kappa shape index (κ2) is 6.25. The number of rotatable bonds is 3. The first-order valence-corrected chi connectivity index (χ1v) is 8.55. The number of benzene rings is 1. The Kier molecular flexibility index (Phi) is 3.91.